The average molecular weight is 508 g/mol. The van der Waals surface area contributed by atoms with Gasteiger partial charge < -0.3 is 5.11 Å². The molecule has 6 rings (SSSR count). The second kappa shape index (κ2) is 8.69. The first-order chi connectivity index (χ1) is 18.3. The zero-order valence-corrected chi connectivity index (χ0v) is 20.8. The number of hydrogen-bond donors (Lipinski definition) is 1. The molecule has 1 aliphatic heterocycles. The van der Waals surface area contributed by atoms with Gasteiger partial charge in [0.1, 0.15) is 5.75 Å². The number of rotatable bonds is 4. The van der Waals surface area contributed by atoms with Gasteiger partial charge in [0.25, 0.3) is 0 Å². The van der Waals surface area contributed by atoms with Crippen LogP contribution in [0, 0.1) is 0 Å². The highest BCUT2D eigenvalue weighted by Crippen LogP contribution is 2.51. The summed E-state index contributed by atoms with van der Waals surface area (Å²) in [5.41, 5.74) is 2.23. The van der Waals surface area contributed by atoms with Crippen LogP contribution in [0.1, 0.15) is 36.4 Å². The van der Waals surface area contributed by atoms with Crippen LogP contribution in [0.5, 0.6) is 5.75 Å². The highest BCUT2D eigenvalue weighted by atomic mass is 16.3. The van der Waals surface area contributed by atoms with Gasteiger partial charge in [-0.15, -0.1) is 6.58 Å². The van der Waals surface area contributed by atoms with Crippen molar-refractivity contribution in [1.82, 2.24) is 13.9 Å². The number of ketones is 2. The van der Waals surface area contributed by atoms with Crippen molar-refractivity contribution >= 4 is 11.6 Å². The maximum absolute atomic E-state index is 13.7. The molecule has 190 valence electrons. The van der Waals surface area contributed by atoms with Crippen LogP contribution in [0.3, 0.4) is 0 Å². The Hall–Kier alpha value is -4.72. The molecule has 0 radical (unpaired) electrons. The number of phenolic OH excluding ortho intramolecular Hbond substituents is 1. The minimum Gasteiger partial charge on any atom is -0.507 e. The Morgan fingerprint density at radius 2 is 1.79 bits per heavy atom. The predicted octanol–water partition coefficient (Wildman–Crippen LogP) is 3.30. The SMILES string of the molecule is C=CCc1cccc([C@H]2C3=CCn4c(=O)n(-c5ccccc5)c(=O)n4[C@@H]3CC3=C2C(=O)C=C(C)C3=O)c1O. The topological polar surface area (TPSA) is 103 Å². The van der Waals surface area contributed by atoms with Crippen molar-refractivity contribution in [3.05, 3.63) is 128 Å². The summed E-state index contributed by atoms with van der Waals surface area (Å²) in [6.45, 7) is 5.47. The lowest BCUT2D eigenvalue weighted by molar-refractivity contribution is -0.116. The number of aromatic nitrogens is 3. The summed E-state index contributed by atoms with van der Waals surface area (Å²) in [6.07, 6.45) is 5.39. The second-order valence-corrected chi connectivity index (χ2v) is 9.78. The molecule has 8 nitrogen and oxygen atoms in total. The van der Waals surface area contributed by atoms with E-state index in [0.717, 1.165) is 4.57 Å². The molecule has 0 unspecified atom stereocenters. The number of Topliss-reactive ketones (excluding diaryl/α,β-unsaturated/α-hetero) is 1. The van der Waals surface area contributed by atoms with Crippen molar-refractivity contribution in [3.63, 3.8) is 0 Å². The minimum atomic E-state index is -0.745. The van der Waals surface area contributed by atoms with Gasteiger partial charge in [-0.05, 0) is 42.7 Å². The number of nitrogens with zero attached hydrogens (tertiary/aromatic N) is 3. The largest absolute Gasteiger partial charge is 0.507 e. The van der Waals surface area contributed by atoms with Gasteiger partial charge >= 0.3 is 11.4 Å². The number of carbonyl (C=O) groups excluding carboxylic acids is 2. The van der Waals surface area contributed by atoms with E-state index in [4.69, 9.17) is 0 Å². The molecule has 0 bridgehead atoms. The van der Waals surface area contributed by atoms with Crippen LogP contribution in [0.4, 0.5) is 0 Å². The van der Waals surface area contributed by atoms with Crippen LogP contribution in [0.25, 0.3) is 5.69 Å². The molecule has 2 aromatic carbocycles. The van der Waals surface area contributed by atoms with Gasteiger partial charge in [-0.1, -0.05) is 48.6 Å². The molecular formula is C30H25N3O5. The standard InChI is InChI=1S/C30H25N3O5/c1-3-8-18-9-7-12-21(28(18)36)25-20-13-14-31-29(37)32(19-10-5-4-6-11-19)30(38)33(31)23(20)16-22-26(25)24(34)15-17(2)27(22)35/h3-7,9-13,15,23,25,36H,1,8,14,16H2,2H3/t23-,25-/m1/s1. The van der Waals surface area contributed by atoms with E-state index in [1.54, 1.807) is 61.5 Å². The fourth-order valence-electron chi connectivity index (χ4n) is 5.97. The molecule has 0 saturated carbocycles. The average Bonchev–Trinajstić information content (AvgIpc) is 3.18. The fraction of sp³-hybridized carbons (Fsp3) is 0.200. The summed E-state index contributed by atoms with van der Waals surface area (Å²) in [5.74, 6) is -1.27. The van der Waals surface area contributed by atoms with E-state index < -0.39 is 23.3 Å². The third-order valence-electron chi connectivity index (χ3n) is 7.67. The monoisotopic (exact) mass is 507 g/mol. The lowest BCUT2D eigenvalue weighted by atomic mass is 9.67. The summed E-state index contributed by atoms with van der Waals surface area (Å²) in [6, 6.07) is 13.3. The molecule has 8 heteroatoms. The van der Waals surface area contributed by atoms with E-state index >= 15 is 0 Å². The van der Waals surface area contributed by atoms with E-state index in [9.17, 15) is 24.3 Å². The van der Waals surface area contributed by atoms with Crippen molar-refractivity contribution in [2.75, 3.05) is 0 Å². The number of fused-ring (bicyclic) bond motifs is 3. The summed E-state index contributed by atoms with van der Waals surface area (Å²) in [4.78, 5) is 53.9. The third-order valence-corrected chi connectivity index (χ3v) is 7.67. The maximum atomic E-state index is 13.7. The Bertz CT molecular complexity index is 1760. The lowest BCUT2D eigenvalue weighted by Crippen LogP contribution is -2.40. The first kappa shape index (κ1) is 23.7. The van der Waals surface area contributed by atoms with E-state index in [0.29, 0.717) is 45.5 Å². The molecule has 1 N–H and O–H groups in total. The van der Waals surface area contributed by atoms with Gasteiger partial charge in [0.2, 0.25) is 0 Å². The summed E-state index contributed by atoms with van der Waals surface area (Å²) < 4.78 is 3.90. The highest BCUT2D eigenvalue weighted by molar-refractivity contribution is 6.23. The normalized spacial score (nSPS) is 20.3. The first-order valence-electron chi connectivity index (χ1n) is 12.4. The molecule has 1 aromatic heterocycles. The summed E-state index contributed by atoms with van der Waals surface area (Å²) in [5, 5.41) is 11.3. The maximum Gasteiger partial charge on any atom is 0.352 e. The van der Waals surface area contributed by atoms with Crippen molar-refractivity contribution in [2.45, 2.75) is 38.3 Å². The van der Waals surface area contributed by atoms with Crippen LogP contribution >= 0.6 is 0 Å². The molecule has 38 heavy (non-hydrogen) atoms. The number of benzene rings is 2. The molecule has 0 spiro atoms. The number of para-hydroxylation sites is 2. The van der Waals surface area contributed by atoms with E-state index in [1.165, 1.54) is 15.4 Å². The number of hydrogen-bond acceptors (Lipinski definition) is 5. The van der Waals surface area contributed by atoms with Gasteiger partial charge in [-0.25, -0.2) is 23.5 Å². The van der Waals surface area contributed by atoms with Crippen LogP contribution < -0.4 is 11.4 Å². The van der Waals surface area contributed by atoms with Crippen molar-refractivity contribution in [1.29, 1.82) is 0 Å². The van der Waals surface area contributed by atoms with Gasteiger partial charge in [0, 0.05) is 34.6 Å². The molecule has 0 fully saturated rings. The van der Waals surface area contributed by atoms with Crippen molar-refractivity contribution < 1.29 is 14.7 Å². The second-order valence-electron chi connectivity index (χ2n) is 9.78. The van der Waals surface area contributed by atoms with Crippen molar-refractivity contribution in [2.24, 2.45) is 0 Å². The van der Waals surface area contributed by atoms with Gasteiger partial charge in [0.15, 0.2) is 11.6 Å². The van der Waals surface area contributed by atoms with Gasteiger partial charge in [-0.2, -0.15) is 0 Å². The Balaban J connectivity index is 1.60. The number of carbonyl (C=O) groups is 2. The number of allylic oxidation sites excluding steroid dienone is 7. The Morgan fingerprint density at radius 1 is 1.03 bits per heavy atom. The molecule has 2 atom stereocenters. The summed E-state index contributed by atoms with van der Waals surface area (Å²) in [7, 11) is 0. The summed E-state index contributed by atoms with van der Waals surface area (Å²) >= 11 is 0. The van der Waals surface area contributed by atoms with E-state index in [1.807, 2.05) is 6.08 Å². The molecular weight excluding hydrogens is 482 g/mol. The molecule has 0 amide bonds. The van der Waals surface area contributed by atoms with Gasteiger partial charge in [0.05, 0.1) is 18.3 Å². The Labute approximate surface area is 217 Å². The van der Waals surface area contributed by atoms with E-state index in [2.05, 4.69) is 6.58 Å². The predicted molar refractivity (Wildman–Crippen MR) is 142 cm³/mol. The van der Waals surface area contributed by atoms with Gasteiger partial charge in [-0.3, -0.25) is 9.59 Å². The smallest absolute Gasteiger partial charge is 0.352 e. The van der Waals surface area contributed by atoms with Crippen LogP contribution in [-0.4, -0.2) is 30.6 Å². The quantitative estimate of drug-likeness (QED) is 0.431. The zero-order valence-electron chi connectivity index (χ0n) is 20.8. The van der Waals surface area contributed by atoms with Crippen LogP contribution in [0.2, 0.25) is 0 Å². The molecule has 0 saturated heterocycles. The van der Waals surface area contributed by atoms with Crippen LogP contribution in [-0.2, 0) is 22.6 Å². The zero-order chi connectivity index (χ0) is 26.7. The highest BCUT2D eigenvalue weighted by Gasteiger charge is 2.45. The first-order valence-corrected chi connectivity index (χ1v) is 12.4. The third kappa shape index (κ3) is 3.30. The minimum absolute atomic E-state index is 0.0227. The molecule has 2 heterocycles. The molecule has 2 aliphatic carbocycles. The molecule has 3 aromatic rings. The Morgan fingerprint density at radius 3 is 2.53 bits per heavy atom. The van der Waals surface area contributed by atoms with Crippen LogP contribution in [0.15, 0.2) is 105 Å². The molecule has 3 aliphatic rings. The van der Waals surface area contributed by atoms with Crippen molar-refractivity contribution in [3.8, 4) is 11.4 Å². The van der Waals surface area contributed by atoms with E-state index in [-0.39, 0.29) is 30.3 Å². The number of phenols is 1. The Kier molecular flexibility index (Phi) is 5.41. The fourth-order valence-corrected chi connectivity index (χ4v) is 5.97. The number of aromatic hydroxyl groups is 1. The lowest BCUT2D eigenvalue weighted by Gasteiger charge is -2.39.